The summed E-state index contributed by atoms with van der Waals surface area (Å²) in [6.45, 7) is 6.19. The third-order valence-corrected chi connectivity index (χ3v) is 5.66. The molecule has 0 unspecified atom stereocenters. The molecule has 10 heteroatoms. The summed E-state index contributed by atoms with van der Waals surface area (Å²) >= 11 is 6.32. The Kier molecular flexibility index (Phi) is 4.11. The van der Waals surface area contributed by atoms with E-state index in [4.69, 9.17) is 11.6 Å². The van der Waals surface area contributed by atoms with E-state index in [1.807, 2.05) is 17.5 Å². The SMILES string of the molecule is Cc1cc2ncc3c(n2n1)C(C)(C)C[C@H]3C(=O)Nc1cnc(-n2nccn2)c(Cl)c1. The van der Waals surface area contributed by atoms with Gasteiger partial charge in [0.2, 0.25) is 5.91 Å². The van der Waals surface area contributed by atoms with E-state index < -0.39 is 0 Å². The van der Waals surface area contributed by atoms with Crippen molar-refractivity contribution in [2.45, 2.75) is 38.5 Å². The first kappa shape index (κ1) is 18.7. The van der Waals surface area contributed by atoms with Crippen LogP contribution in [0.2, 0.25) is 5.02 Å². The Balaban J connectivity index is 1.46. The predicted octanol–water partition coefficient (Wildman–Crippen LogP) is 3.07. The lowest BCUT2D eigenvalue weighted by Crippen LogP contribution is -2.21. The summed E-state index contributed by atoms with van der Waals surface area (Å²) in [4.78, 5) is 23.3. The topological polar surface area (TPSA) is 103 Å². The minimum Gasteiger partial charge on any atom is -0.324 e. The average Bonchev–Trinajstić information content (AvgIpc) is 3.39. The molecule has 4 aromatic heterocycles. The van der Waals surface area contributed by atoms with Crippen LogP contribution in [0.3, 0.4) is 0 Å². The van der Waals surface area contributed by atoms with Crippen LogP contribution in [0.15, 0.2) is 36.9 Å². The van der Waals surface area contributed by atoms with Gasteiger partial charge in [0.25, 0.3) is 0 Å². The quantitative estimate of drug-likeness (QED) is 0.544. The van der Waals surface area contributed by atoms with E-state index in [9.17, 15) is 4.79 Å². The van der Waals surface area contributed by atoms with Gasteiger partial charge < -0.3 is 5.32 Å². The molecule has 5 rings (SSSR count). The van der Waals surface area contributed by atoms with Crippen LogP contribution < -0.4 is 5.32 Å². The molecule has 0 spiro atoms. The highest BCUT2D eigenvalue weighted by molar-refractivity contribution is 6.32. The minimum absolute atomic E-state index is 0.130. The predicted molar refractivity (Wildman–Crippen MR) is 111 cm³/mol. The average molecular weight is 423 g/mol. The molecule has 0 aliphatic heterocycles. The monoisotopic (exact) mass is 422 g/mol. The summed E-state index contributed by atoms with van der Waals surface area (Å²) in [5.74, 6) is -0.0787. The van der Waals surface area contributed by atoms with Crippen molar-refractivity contribution < 1.29 is 4.79 Å². The summed E-state index contributed by atoms with van der Waals surface area (Å²) in [6, 6.07) is 3.58. The molecule has 152 valence electrons. The molecule has 0 aromatic carbocycles. The van der Waals surface area contributed by atoms with Crippen LogP contribution in [0.4, 0.5) is 5.69 Å². The van der Waals surface area contributed by atoms with E-state index in [-0.39, 0.29) is 17.2 Å². The maximum atomic E-state index is 13.2. The zero-order valence-corrected chi connectivity index (χ0v) is 17.4. The molecular weight excluding hydrogens is 404 g/mol. The number of rotatable bonds is 3. The molecule has 1 N–H and O–H groups in total. The lowest BCUT2D eigenvalue weighted by Gasteiger charge is -2.19. The van der Waals surface area contributed by atoms with E-state index in [0.717, 1.165) is 22.6 Å². The Bertz CT molecular complexity index is 1280. The fourth-order valence-corrected chi connectivity index (χ4v) is 4.39. The highest BCUT2D eigenvalue weighted by atomic mass is 35.5. The number of aromatic nitrogens is 7. The molecule has 4 heterocycles. The van der Waals surface area contributed by atoms with Crippen molar-refractivity contribution in [2.24, 2.45) is 0 Å². The Morgan fingerprint density at radius 1 is 1.20 bits per heavy atom. The fourth-order valence-electron chi connectivity index (χ4n) is 4.15. The molecule has 9 nitrogen and oxygen atoms in total. The number of hydrogen-bond donors (Lipinski definition) is 1. The number of amides is 1. The zero-order valence-electron chi connectivity index (χ0n) is 16.7. The number of aryl methyl sites for hydroxylation is 1. The first-order valence-electron chi connectivity index (χ1n) is 9.52. The largest absolute Gasteiger partial charge is 0.324 e. The lowest BCUT2D eigenvalue weighted by molar-refractivity contribution is -0.117. The van der Waals surface area contributed by atoms with Crippen molar-refractivity contribution >= 4 is 28.8 Å². The van der Waals surface area contributed by atoms with Gasteiger partial charge in [0.05, 0.1) is 46.6 Å². The first-order chi connectivity index (χ1) is 14.3. The molecule has 0 radical (unpaired) electrons. The van der Waals surface area contributed by atoms with Crippen molar-refractivity contribution in [3.63, 3.8) is 0 Å². The van der Waals surface area contributed by atoms with E-state index in [1.54, 1.807) is 30.9 Å². The normalized spacial score (nSPS) is 17.3. The second kappa shape index (κ2) is 6.60. The molecule has 0 fully saturated rings. The minimum atomic E-state index is -0.345. The van der Waals surface area contributed by atoms with Crippen molar-refractivity contribution in [3.8, 4) is 5.82 Å². The van der Waals surface area contributed by atoms with Crippen LogP contribution in [0.5, 0.6) is 0 Å². The maximum Gasteiger partial charge on any atom is 0.232 e. The summed E-state index contributed by atoms with van der Waals surface area (Å²) in [5, 5.41) is 15.9. The molecule has 0 bridgehead atoms. The Hall–Kier alpha value is -3.33. The van der Waals surface area contributed by atoms with E-state index >= 15 is 0 Å². The van der Waals surface area contributed by atoms with Gasteiger partial charge in [-0.05, 0) is 19.4 Å². The van der Waals surface area contributed by atoms with Crippen molar-refractivity contribution in [3.05, 3.63) is 58.9 Å². The van der Waals surface area contributed by atoms with Gasteiger partial charge in [0, 0.05) is 23.2 Å². The van der Waals surface area contributed by atoms with Crippen LogP contribution in [-0.4, -0.2) is 40.5 Å². The Morgan fingerprint density at radius 2 is 1.97 bits per heavy atom. The number of halogens is 1. The van der Waals surface area contributed by atoms with Crippen LogP contribution in [0.25, 0.3) is 11.5 Å². The zero-order chi connectivity index (χ0) is 21.0. The smallest absolute Gasteiger partial charge is 0.232 e. The van der Waals surface area contributed by atoms with Crippen molar-refractivity contribution in [1.82, 2.24) is 34.6 Å². The Labute approximate surface area is 177 Å². The number of fused-ring (bicyclic) bond motifs is 3. The fraction of sp³-hybridized carbons (Fsp3) is 0.300. The standard InChI is InChI=1S/C20H19ClN8O/c1-11-6-16-22-10-14-13(8-20(2,3)17(14)28(16)27-11)19(30)26-12-7-15(21)18(23-9-12)29-24-4-5-25-29/h4-7,9-10,13H,8H2,1-3H3,(H,26,30)/t13-/m1/s1. The van der Waals surface area contributed by atoms with Gasteiger partial charge in [0.1, 0.15) is 0 Å². The molecule has 30 heavy (non-hydrogen) atoms. The van der Waals surface area contributed by atoms with Gasteiger partial charge in [-0.1, -0.05) is 25.4 Å². The molecule has 1 aliphatic rings. The highest BCUT2D eigenvalue weighted by Gasteiger charge is 2.43. The van der Waals surface area contributed by atoms with Gasteiger partial charge in [0.15, 0.2) is 11.5 Å². The van der Waals surface area contributed by atoms with Crippen LogP contribution in [-0.2, 0) is 10.2 Å². The highest BCUT2D eigenvalue weighted by Crippen LogP contribution is 2.45. The second-order valence-electron chi connectivity index (χ2n) is 8.10. The number of pyridine rings is 1. The first-order valence-corrected chi connectivity index (χ1v) is 9.90. The van der Waals surface area contributed by atoms with Crippen LogP contribution in [0.1, 0.15) is 43.1 Å². The number of hydrogen-bond acceptors (Lipinski definition) is 6. The maximum absolute atomic E-state index is 13.2. The molecular formula is C20H19ClN8O. The molecule has 1 atom stereocenters. The van der Waals surface area contributed by atoms with E-state index in [0.29, 0.717) is 22.9 Å². The number of carbonyl (C=O) groups is 1. The molecule has 0 saturated carbocycles. The molecule has 4 aromatic rings. The number of anilines is 1. The van der Waals surface area contributed by atoms with Crippen LogP contribution in [0, 0.1) is 6.92 Å². The third-order valence-electron chi connectivity index (χ3n) is 5.38. The van der Waals surface area contributed by atoms with Crippen molar-refractivity contribution in [2.75, 3.05) is 5.32 Å². The molecule has 1 amide bonds. The third kappa shape index (κ3) is 2.93. The van der Waals surface area contributed by atoms with Gasteiger partial charge in [-0.25, -0.2) is 14.5 Å². The lowest BCUT2D eigenvalue weighted by atomic mass is 9.88. The van der Waals surface area contributed by atoms with Gasteiger partial charge in [-0.2, -0.15) is 15.3 Å². The summed E-state index contributed by atoms with van der Waals surface area (Å²) < 4.78 is 1.86. The van der Waals surface area contributed by atoms with Gasteiger partial charge >= 0.3 is 0 Å². The van der Waals surface area contributed by atoms with Gasteiger partial charge in [-0.3, -0.25) is 4.79 Å². The van der Waals surface area contributed by atoms with Gasteiger partial charge in [-0.15, -0.1) is 4.80 Å². The van der Waals surface area contributed by atoms with E-state index in [2.05, 4.69) is 44.4 Å². The second-order valence-corrected chi connectivity index (χ2v) is 8.50. The molecule has 0 saturated heterocycles. The number of nitrogens with zero attached hydrogens (tertiary/aromatic N) is 7. The summed E-state index contributed by atoms with van der Waals surface area (Å²) in [7, 11) is 0. The molecule has 1 aliphatic carbocycles. The van der Waals surface area contributed by atoms with Crippen molar-refractivity contribution in [1.29, 1.82) is 0 Å². The van der Waals surface area contributed by atoms with Crippen LogP contribution >= 0.6 is 11.6 Å². The summed E-state index contributed by atoms with van der Waals surface area (Å²) in [5.41, 5.74) is 3.90. The van der Waals surface area contributed by atoms with E-state index in [1.165, 1.54) is 4.80 Å². The summed E-state index contributed by atoms with van der Waals surface area (Å²) in [6.07, 6.45) is 7.08. The Morgan fingerprint density at radius 3 is 2.70 bits per heavy atom. The number of nitrogens with one attached hydrogen (secondary N) is 1. The number of carbonyl (C=O) groups excluding carboxylic acids is 1.